The van der Waals surface area contributed by atoms with E-state index in [2.05, 4.69) is 5.32 Å². The monoisotopic (exact) mass is 317 g/mol. The molecule has 0 aliphatic rings. The van der Waals surface area contributed by atoms with Crippen molar-refractivity contribution in [2.45, 2.75) is 26.1 Å². The van der Waals surface area contributed by atoms with Gasteiger partial charge in [-0.2, -0.15) is 13.2 Å². The summed E-state index contributed by atoms with van der Waals surface area (Å²) in [6, 6.07) is 6.77. The van der Waals surface area contributed by atoms with Gasteiger partial charge in [0.25, 0.3) is 0 Å². The molecule has 0 bridgehead atoms. The Labute approximate surface area is 125 Å². The van der Waals surface area contributed by atoms with Gasteiger partial charge >= 0.3 is 6.18 Å². The summed E-state index contributed by atoms with van der Waals surface area (Å²) in [7, 11) is 0. The van der Waals surface area contributed by atoms with Crippen LogP contribution in [0.4, 0.5) is 13.2 Å². The summed E-state index contributed by atoms with van der Waals surface area (Å²) in [5.41, 5.74) is -0.479. The number of hydrogen-bond donors (Lipinski definition) is 1. The van der Waals surface area contributed by atoms with Crippen LogP contribution >= 0.6 is 11.6 Å². The summed E-state index contributed by atoms with van der Waals surface area (Å²) in [4.78, 5) is 0. The Morgan fingerprint density at radius 1 is 1.24 bits per heavy atom. The lowest BCUT2D eigenvalue weighted by molar-refractivity contribution is -0.137. The lowest BCUT2D eigenvalue weighted by Gasteiger charge is -2.10. The van der Waals surface area contributed by atoms with Gasteiger partial charge < -0.3 is 9.73 Å². The van der Waals surface area contributed by atoms with E-state index in [1.807, 2.05) is 13.8 Å². The van der Waals surface area contributed by atoms with Crippen LogP contribution in [0.2, 0.25) is 5.02 Å². The fourth-order valence-electron chi connectivity index (χ4n) is 2.04. The molecule has 6 heteroatoms. The molecule has 0 spiro atoms. The third-order valence-corrected chi connectivity index (χ3v) is 3.29. The molecule has 0 radical (unpaired) electrons. The van der Waals surface area contributed by atoms with Crippen molar-refractivity contribution in [3.8, 4) is 11.3 Å². The molecule has 1 N–H and O–H groups in total. The van der Waals surface area contributed by atoms with Crippen LogP contribution in [0, 0.1) is 0 Å². The van der Waals surface area contributed by atoms with Crippen molar-refractivity contribution in [3.05, 3.63) is 46.7 Å². The van der Waals surface area contributed by atoms with Crippen molar-refractivity contribution in [2.75, 3.05) is 6.54 Å². The predicted octanol–water partition coefficient (Wildman–Crippen LogP) is 5.29. The first-order chi connectivity index (χ1) is 9.81. The summed E-state index contributed by atoms with van der Waals surface area (Å²) in [5.74, 6) is 1.03. The van der Waals surface area contributed by atoms with Gasteiger partial charge in [0.1, 0.15) is 11.5 Å². The molecule has 1 aromatic carbocycles. The number of furan rings is 1. The number of rotatable bonds is 4. The van der Waals surface area contributed by atoms with Gasteiger partial charge in [-0.1, -0.05) is 18.5 Å². The topological polar surface area (TPSA) is 25.2 Å². The summed E-state index contributed by atoms with van der Waals surface area (Å²) < 4.78 is 44.0. The Balaban J connectivity index is 2.36. The van der Waals surface area contributed by atoms with Crippen LogP contribution in [0.15, 0.2) is 34.7 Å². The fourth-order valence-corrected chi connectivity index (χ4v) is 2.28. The van der Waals surface area contributed by atoms with Gasteiger partial charge in [0, 0.05) is 10.6 Å². The first-order valence-corrected chi connectivity index (χ1v) is 6.90. The van der Waals surface area contributed by atoms with Crippen LogP contribution in [0.1, 0.15) is 31.2 Å². The molecule has 1 atom stereocenters. The van der Waals surface area contributed by atoms with Crippen LogP contribution in [0.3, 0.4) is 0 Å². The molecule has 0 fully saturated rings. The molecule has 0 amide bonds. The average Bonchev–Trinajstić information content (AvgIpc) is 2.87. The maximum absolute atomic E-state index is 12.8. The second kappa shape index (κ2) is 6.12. The first-order valence-electron chi connectivity index (χ1n) is 6.52. The molecule has 0 aliphatic heterocycles. The summed E-state index contributed by atoms with van der Waals surface area (Å²) in [5, 5.41) is 3.20. The molecule has 114 valence electrons. The highest BCUT2D eigenvalue weighted by atomic mass is 35.5. The Morgan fingerprint density at radius 3 is 2.57 bits per heavy atom. The highest BCUT2D eigenvalue weighted by Crippen LogP contribution is 2.35. The zero-order chi connectivity index (χ0) is 15.6. The van der Waals surface area contributed by atoms with E-state index >= 15 is 0 Å². The van der Waals surface area contributed by atoms with Gasteiger partial charge in [-0.05, 0) is 43.8 Å². The summed E-state index contributed by atoms with van der Waals surface area (Å²) in [6.07, 6.45) is -4.44. The molecule has 1 aromatic heterocycles. The van der Waals surface area contributed by atoms with Gasteiger partial charge in [-0.3, -0.25) is 0 Å². The predicted molar refractivity (Wildman–Crippen MR) is 76.2 cm³/mol. The van der Waals surface area contributed by atoms with Crippen LogP contribution in [-0.2, 0) is 6.18 Å². The third-order valence-electron chi connectivity index (χ3n) is 3.07. The minimum atomic E-state index is -4.44. The molecule has 21 heavy (non-hydrogen) atoms. The number of nitrogens with one attached hydrogen (secondary N) is 1. The van der Waals surface area contributed by atoms with Crippen molar-refractivity contribution in [1.82, 2.24) is 5.32 Å². The first kappa shape index (κ1) is 15.9. The molecular formula is C15H15ClF3NO. The maximum Gasteiger partial charge on any atom is 0.416 e. The van der Waals surface area contributed by atoms with Crippen molar-refractivity contribution in [3.63, 3.8) is 0 Å². The smallest absolute Gasteiger partial charge is 0.416 e. The summed E-state index contributed by atoms with van der Waals surface area (Å²) >= 11 is 5.77. The molecule has 2 aromatic rings. The van der Waals surface area contributed by atoms with E-state index in [1.54, 1.807) is 12.1 Å². The summed E-state index contributed by atoms with van der Waals surface area (Å²) in [6.45, 7) is 4.66. The molecule has 2 rings (SSSR count). The van der Waals surface area contributed by atoms with Gasteiger partial charge in [0.2, 0.25) is 0 Å². The van der Waals surface area contributed by atoms with Crippen LogP contribution < -0.4 is 5.32 Å². The Bertz CT molecular complexity index is 622. The standard InChI is InChI=1S/C15H15ClF3NO/c1-3-20-9(2)13-4-5-14(21-13)10-6-11(15(17,18)19)8-12(16)7-10/h4-9,20H,3H2,1-2H3. The largest absolute Gasteiger partial charge is 0.459 e. The molecular weight excluding hydrogens is 303 g/mol. The Hall–Kier alpha value is -1.46. The van der Waals surface area contributed by atoms with E-state index in [9.17, 15) is 13.2 Å². The van der Waals surface area contributed by atoms with Crippen LogP contribution in [0.5, 0.6) is 0 Å². The van der Waals surface area contributed by atoms with Crippen LogP contribution in [0.25, 0.3) is 11.3 Å². The fraction of sp³-hybridized carbons (Fsp3) is 0.333. The zero-order valence-electron chi connectivity index (χ0n) is 11.6. The van der Waals surface area contributed by atoms with E-state index < -0.39 is 11.7 Å². The molecule has 1 unspecified atom stereocenters. The van der Waals surface area contributed by atoms with E-state index in [4.69, 9.17) is 16.0 Å². The lowest BCUT2D eigenvalue weighted by Crippen LogP contribution is -2.16. The van der Waals surface area contributed by atoms with Crippen molar-refractivity contribution in [2.24, 2.45) is 0 Å². The number of benzene rings is 1. The number of halogens is 4. The van der Waals surface area contributed by atoms with E-state index in [0.717, 1.165) is 18.7 Å². The van der Waals surface area contributed by atoms with Gasteiger partial charge in [-0.25, -0.2) is 0 Å². The highest BCUT2D eigenvalue weighted by molar-refractivity contribution is 6.30. The van der Waals surface area contributed by atoms with Crippen LogP contribution in [-0.4, -0.2) is 6.54 Å². The van der Waals surface area contributed by atoms with Crippen molar-refractivity contribution >= 4 is 11.6 Å². The van der Waals surface area contributed by atoms with Crippen molar-refractivity contribution < 1.29 is 17.6 Å². The third kappa shape index (κ3) is 3.80. The van der Waals surface area contributed by atoms with Gasteiger partial charge in [0.15, 0.2) is 0 Å². The molecule has 2 nitrogen and oxygen atoms in total. The van der Waals surface area contributed by atoms with Gasteiger partial charge in [0.05, 0.1) is 11.6 Å². The van der Waals surface area contributed by atoms with Gasteiger partial charge in [-0.15, -0.1) is 0 Å². The molecule has 0 saturated carbocycles. The average molecular weight is 318 g/mol. The zero-order valence-corrected chi connectivity index (χ0v) is 12.3. The molecule has 0 aliphatic carbocycles. The minimum absolute atomic E-state index is 0.00924. The maximum atomic E-state index is 12.8. The molecule has 1 heterocycles. The number of alkyl halides is 3. The lowest BCUT2D eigenvalue weighted by atomic mass is 10.1. The SMILES string of the molecule is CCNC(C)c1ccc(-c2cc(Cl)cc(C(F)(F)F)c2)o1. The quantitative estimate of drug-likeness (QED) is 0.829. The van der Waals surface area contributed by atoms with E-state index in [0.29, 0.717) is 17.1 Å². The number of hydrogen-bond acceptors (Lipinski definition) is 2. The van der Waals surface area contributed by atoms with Crippen molar-refractivity contribution in [1.29, 1.82) is 0 Å². The minimum Gasteiger partial charge on any atom is -0.459 e. The Kier molecular flexibility index (Phi) is 4.64. The normalized spacial score (nSPS) is 13.4. The molecule has 0 saturated heterocycles. The second-order valence-electron chi connectivity index (χ2n) is 4.71. The van der Waals surface area contributed by atoms with E-state index in [-0.39, 0.29) is 11.1 Å². The highest BCUT2D eigenvalue weighted by Gasteiger charge is 2.31. The Morgan fingerprint density at radius 2 is 1.95 bits per heavy atom. The van der Waals surface area contributed by atoms with E-state index in [1.165, 1.54) is 6.07 Å². The second-order valence-corrected chi connectivity index (χ2v) is 5.14.